The number of aromatic nitrogens is 3. The maximum Gasteiger partial charge on any atom is 0.126 e. The average molecular weight is 1620 g/mol. The molecule has 622 valence electrons. The third-order valence-corrected chi connectivity index (χ3v) is 24.2. The molecule has 20 rings (SSSR count). The van der Waals surface area contributed by atoms with Crippen molar-refractivity contribution in [2.24, 2.45) is 0 Å². The third-order valence-electron chi connectivity index (χ3n) is 24.2. The number of pyridine rings is 3. The second-order valence-electron chi connectivity index (χ2n) is 36.0. The molecule has 0 aliphatic heterocycles. The van der Waals surface area contributed by atoms with Crippen molar-refractivity contribution in [3.63, 3.8) is 0 Å². The SMILES string of the molecule is Cc1cc(F)c(C)c(-c2ccccc2)c1.Cc1ccc(C)c(F)c1.Cc1ccc(C)c2ccccc12.Cc1ccc2c(c1)-c1cc(C)ccc1C2(C)C.Cc1ccc2c(c1)-c1ccc(C)cc1C2(C)C.Cc1ccc2c(c1)C(C)(C)c1cc(C)ccc1-2.Cc1ccc2cc(C)ncc2c1.Cc1ccc2nc(C)ccc2c1.Cc1cnc2cc(C)ccc2c1. The van der Waals surface area contributed by atoms with Gasteiger partial charge >= 0.3 is 0 Å². The summed E-state index contributed by atoms with van der Waals surface area (Å²) in [5.74, 6) is -0.246. The summed E-state index contributed by atoms with van der Waals surface area (Å²) in [4.78, 5) is 13.0. The van der Waals surface area contributed by atoms with Crippen LogP contribution in [0.15, 0.2) is 298 Å². The Kier molecular flexibility index (Phi) is 27.9. The molecule has 14 aromatic carbocycles. The van der Waals surface area contributed by atoms with Crippen LogP contribution >= 0.6 is 0 Å². The van der Waals surface area contributed by atoms with Gasteiger partial charge in [-0.2, -0.15) is 0 Å². The number of hydrogen-bond acceptors (Lipinski definition) is 3. The molecule has 17 aromatic rings. The van der Waals surface area contributed by atoms with Gasteiger partial charge in [0.25, 0.3) is 0 Å². The minimum absolute atomic E-state index is 0.116. The van der Waals surface area contributed by atoms with Crippen molar-refractivity contribution < 1.29 is 8.78 Å². The molecule has 3 aromatic heterocycles. The van der Waals surface area contributed by atoms with Crippen LogP contribution in [0.4, 0.5) is 8.78 Å². The molecule has 3 aliphatic carbocycles. The lowest BCUT2D eigenvalue weighted by Gasteiger charge is -2.22. The summed E-state index contributed by atoms with van der Waals surface area (Å²) in [7, 11) is 0. The van der Waals surface area contributed by atoms with Crippen molar-refractivity contribution in [2.45, 2.75) is 182 Å². The van der Waals surface area contributed by atoms with Crippen molar-refractivity contribution in [3.8, 4) is 44.5 Å². The average Bonchev–Trinajstić information content (AvgIpc) is 1.59. The number of aryl methyl sites for hydroxylation is 17. The summed E-state index contributed by atoms with van der Waals surface area (Å²) >= 11 is 0. The van der Waals surface area contributed by atoms with E-state index in [1.165, 1.54) is 172 Å². The molecule has 3 nitrogen and oxygen atoms in total. The zero-order valence-electron chi connectivity index (χ0n) is 76.9. The fraction of sp³-hybridized carbons (Fsp3) is 0.229. The minimum Gasteiger partial charge on any atom is -0.261 e. The first-order valence-corrected chi connectivity index (χ1v) is 43.1. The Balaban J connectivity index is 0.000000127. The lowest BCUT2D eigenvalue weighted by Crippen LogP contribution is -2.15. The van der Waals surface area contributed by atoms with Gasteiger partial charge in [0.05, 0.1) is 11.0 Å². The zero-order chi connectivity index (χ0) is 88.5. The van der Waals surface area contributed by atoms with Gasteiger partial charge in [-0.3, -0.25) is 15.0 Å². The first-order chi connectivity index (χ1) is 58.4. The summed E-state index contributed by atoms with van der Waals surface area (Å²) < 4.78 is 26.1. The Bertz CT molecular complexity index is 6240. The number of benzene rings is 14. The van der Waals surface area contributed by atoms with E-state index in [-0.39, 0.29) is 27.9 Å². The Morgan fingerprint density at radius 3 is 1.11 bits per heavy atom. The summed E-state index contributed by atoms with van der Waals surface area (Å²) in [5.41, 5.74) is 43.3. The van der Waals surface area contributed by atoms with Crippen molar-refractivity contribution in [1.29, 1.82) is 0 Å². The van der Waals surface area contributed by atoms with Gasteiger partial charge in [-0.1, -0.05) is 317 Å². The standard InChI is InChI=1S/3C17H18.C14H13F.C12H12.3C11H11N.C8H9F/c1-11-6-8-15-14(9-11)13-7-5-12(2)10-16(13)17(15,3)4;1-11-5-7-15-13(9-11)14-10-12(2)6-8-16(14)17(15,3)4;1-11-5-7-13-14-8-6-12(2)10-16(14)17(3,4)15(13)9-11;1-10-8-13(11(2)14(15)9-10)12-6-4-3-5-7-12;1-9-7-8-10(2)12-6-4-3-5-11(9)12;1-8-3-6-11-10(7-8)5-4-9(2)12-11;1-8-3-4-10-5-9(2)7-12-11(10)6-8;1-8-3-4-10-6-9(2)12-7-11(10)5-8;1-6-3-4-7(2)8(9)5-6/h3*5-10H,1-4H3;3-9H,1-2H3;3-8H,1-2H3;3*3-7H,1-2H3;3-5H,1-2H3. The minimum atomic E-state index is -0.131. The molecule has 0 bridgehead atoms. The lowest BCUT2D eigenvalue weighted by molar-refractivity contribution is 0.617. The van der Waals surface area contributed by atoms with Crippen LogP contribution in [-0.4, -0.2) is 15.0 Å². The van der Waals surface area contributed by atoms with Crippen LogP contribution in [0, 0.1) is 136 Å². The Morgan fingerprint density at radius 2 is 0.585 bits per heavy atom. The molecular weight excluding hydrogens is 1500 g/mol. The molecule has 123 heavy (non-hydrogen) atoms. The first-order valence-electron chi connectivity index (χ1n) is 43.1. The van der Waals surface area contributed by atoms with Crippen LogP contribution in [0.2, 0.25) is 0 Å². The van der Waals surface area contributed by atoms with Crippen LogP contribution in [0.1, 0.15) is 175 Å². The van der Waals surface area contributed by atoms with Gasteiger partial charge in [0.2, 0.25) is 0 Å². The summed E-state index contributed by atoms with van der Waals surface area (Å²) in [6.45, 7) is 51.0. The van der Waals surface area contributed by atoms with Crippen LogP contribution in [-0.2, 0) is 16.2 Å². The molecular formula is C118H121F2N3. The predicted octanol–water partition coefficient (Wildman–Crippen LogP) is 32.4. The van der Waals surface area contributed by atoms with Crippen molar-refractivity contribution in [1.82, 2.24) is 15.0 Å². The first kappa shape index (κ1) is 89.7. The maximum absolute atomic E-state index is 13.5. The highest BCUT2D eigenvalue weighted by molar-refractivity contribution is 5.89. The van der Waals surface area contributed by atoms with Crippen LogP contribution in [0.3, 0.4) is 0 Å². The van der Waals surface area contributed by atoms with Gasteiger partial charge in [0.15, 0.2) is 0 Å². The number of halogens is 2. The van der Waals surface area contributed by atoms with Gasteiger partial charge in [-0.15, -0.1) is 0 Å². The molecule has 0 saturated heterocycles. The molecule has 5 heteroatoms. The maximum atomic E-state index is 13.5. The number of nitrogens with zero attached hydrogens (tertiary/aromatic N) is 3. The molecule has 0 spiro atoms. The highest BCUT2D eigenvalue weighted by atomic mass is 19.1. The quantitative estimate of drug-likeness (QED) is 0.164. The fourth-order valence-corrected chi connectivity index (χ4v) is 17.0. The van der Waals surface area contributed by atoms with Gasteiger partial charge in [0.1, 0.15) is 11.6 Å². The van der Waals surface area contributed by atoms with E-state index in [1.54, 1.807) is 19.1 Å². The number of fused-ring (bicyclic) bond motifs is 13. The molecule has 0 amide bonds. The second-order valence-corrected chi connectivity index (χ2v) is 36.0. The molecule has 0 N–H and O–H groups in total. The van der Waals surface area contributed by atoms with Gasteiger partial charge in [-0.25, -0.2) is 8.78 Å². The highest BCUT2D eigenvalue weighted by Gasteiger charge is 2.38. The van der Waals surface area contributed by atoms with Crippen LogP contribution < -0.4 is 0 Å². The van der Waals surface area contributed by atoms with Gasteiger partial charge in [0, 0.05) is 56.2 Å². The molecule has 0 unspecified atom stereocenters. The number of rotatable bonds is 1. The Labute approximate surface area is 732 Å². The molecule has 3 heterocycles. The van der Waals surface area contributed by atoms with E-state index >= 15 is 0 Å². The molecule has 0 fully saturated rings. The van der Waals surface area contributed by atoms with E-state index in [0.717, 1.165) is 44.7 Å². The van der Waals surface area contributed by atoms with E-state index in [2.05, 4.69) is 358 Å². The number of hydrogen-bond donors (Lipinski definition) is 0. The largest absolute Gasteiger partial charge is 0.261 e. The lowest BCUT2D eigenvalue weighted by atomic mass is 9.81. The molecule has 0 atom stereocenters. The monoisotopic (exact) mass is 1620 g/mol. The summed E-state index contributed by atoms with van der Waals surface area (Å²) in [5, 5.41) is 7.69. The Hall–Kier alpha value is -12.6. The fourth-order valence-electron chi connectivity index (χ4n) is 17.0. The third kappa shape index (κ3) is 21.1. The van der Waals surface area contributed by atoms with Crippen molar-refractivity contribution in [2.75, 3.05) is 0 Å². The van der Waals surface area contributed by atoms with E-state index in [4.69, 9.17) is 0 Å². The highest BCUT2D eigenvalue weighted by Crippen LogP contribution is 2.52. The van der Waals surface area contributed by atoms with E-state index in [0.29, 0.717) is 11.1 Å². The van der Waals surface area contributed by atoms with Crippen molar-refractivity contribution in [3.05, 3.63) is 443 Å². The van der Waals surface area contributed by atoms with E-state index < -0.39 is 0 Å². The smallest absolute Gasteiger partial charge is 0.126 e. The Morgan fingerprint density at radius 1 is 0.220 bits per heavy atom. The van der Waals surface area contributed by atoms with E-state index in [1.807, 2.05) is 95.5 Å². The van der Waals surface area contributed by atoms with Crippen molar-refractivity contribution >= 4 is 43.4 Å². The molecule has 3 aliphatic rings. The predicted molar refractivity (Wildman–Crippen MR) is 525 cm³/mol. The van der Waals surface area contributed by atoms with Crippen LogP contribution in [0.5, 0.6) is 0 Å². The second kappa shape index (κ2) is 38.2. The summed E-state index contributed by atoms with van der Waals surface area (Å²) in [6.07, 6.45) is 3.83. The zero-order valence-corrected chi connectivity index (χ0v) is 76.9. The van der Waals surface area contributed by atoms with Gasteiger partial charge in [-0.05, 0) is 318 Å². The van der Waals surface area contributed by atoms with E-state index in [9.17, 15) is 8.78 Å². The van der Waals surface area contributed by atoms with Crippen LogP contribution in [0.25, 0.3) is 87.9 Å². The summed E-state index contributed by atoms with van der Waals surface area (Å²) in [6, 6.07) is 100. The topological polar surface area (TPSA) is 38.7 Å². The molecule has 0 radical (unpaired) electrons. The van der Waals surface area contributed by atoms with Gasteiger partial charge < -0.3 is 0 Å². The normalized spacial score (nSPS) is 12.5. The molecule has 0 saturated carbocycles.